The molecule has 0 bridgehead atoms. The number of nitrogens with two attached hydrogens (primary N) is 1. The first-order chi connectivity index (χ1) is 8.08. The van der Waals surface area contributed by atoms with Crippen LogP contribution in [-0.4, -0.2) is 29.3 Å². The van der Waals surface area contributed by atoms with Crippen LogP contribution in [0.15, 0.2) is 12.1 Å². The molecule has 18 heavy (non-hydrogen) atoms. The van der Waals surface area contributed by atoms with Crippen molar-refractivity contribution in [1.29, 1.82) is 0 Å². The second-order valence-corrected chi connectivity index (χ2v) is 4.67. The second kappa shape index (κ2) is 4.64. The first-order valence-corrected chi connectivity index (χ1v) is 5.27. The average molecular weight is 263 g/mol. The Hall–Kier alpha value is -1.50. The van der Waals surface area contributed by atoms with E-state index in [1.807, 2.05) is 0 Å². The zero-order valence-corrected chi connectivity index (χ0v) is 10.4. The SMILES string of the molecule is CN(c1cc(C(F)(F)F)cc(N)n1)C(C)(C)CO. The van der Waals surface area contributed by atoms with Gasteiger partial charge in [0.1, 0.15) is 11.6 Å². The summed E-state index contributed by atoms with van der Waals surface area (Å²) < 4.78 is 37.9. The highest BCUT2D eigenvalue weighted by molar-refractivity contribution is 5.50. The highest BCUT2D eigenvalue weighted by Crippen LogP contribution is 2.33. The standard InChI is InChI=1S/C11H16F3N3O/c1-10(2,6-18)17(3)9-5-7(11(12,13)14)4-8(15)16-9/h4-5,18H,6H2,1-3H3,(H2,15,16). The van der Waals surface area contributed by atoms with E-state index in [0.29, 0.717) is 0 Å². The van der Waals surface area contributed by atoms with Crippen LogP contribution in [-0.2, 0) is 6.18 Å². The number of pyridine rings is 1. The smallest absolute Gasteiger partial charge is 0.394 e. The summed E-state index contributed by atoms with van der Waals surface area (Å²) >= 11 is 0. The van der Waals surface area contributed by atoms with Crippen LogP contribution in [0.4, 0.5) is 24.8 Å². The van der Waals surface area contributed by atoms with E-state index < -0.39 is 17.3 Å². The third-order valence-corrected chi connectivity index (χ3v) is 2.80. The number of nitrogens with zero attached hydrogens (tertiary/aromatic N) is 2. The fourth-order valence-corrected chi connectivity index (χ4v) is 1.29. The lowest BCUT2D eigenvalue weighted by Crippen LogP contribution is -2.45. The minimum Gasteiger partial charge on any atom is -0.394 e. The molecule has 0 saturated carbocycles. The molecule has 0 unspecified atom stereocenters. The number of alkyl halides is 3. The van der Waals surface area contributed by atoms with Crippen molar-refractivity contribution in [1.82, 2.24) is 4.98 Å². The summed E-state index contributed by atoms with van der Waals surface area (Å²) in [5, 5.41) is 9.20. The molecule has 0 saturated heterocycles. The van der Waals surface area contributed by atoms with Gasteiger partial charge in [-0.3, -0.25) is 0 Å². The van der Waals surface area contributed by atoms with E-state index in [1.165, 1.54) is 4.90 Å². The maximum absolute atomic E-state index is 12.6. The van der Waals surface area contributed by atoms with E-state index in [2.05, 4.69) is 4.98 Å². The van der Waals surface area contributed by atoms with Gasteiger partial charge in [0.25, 0.3) is 0 Å². The van der Waals surface area contributed by atoms with Gasteiger partial charge in [-0.1, -0.05) is 0 Å². The monoisotopic (exact) mass is 263 g/mol. The van der Waals surface area contributed by atoms with Crippen LogP contribution in [0.5, 0.6) is 0 Å². The lowest BCUT2D eigenvalue weighted by atomic mass is 10.1. The number of rotatable bonds is 3. The second-order valence-electron chi connectivity index (χ2n) is 4.67. The van der Waals surface area contributed by atoms with Crippen molar-refractivity contribution in [2.24, 2.45) is 0 Å². The van der Waals surface area contributed by atoms with E-state index in [9.17, 15) is 18.3 Å². The van der Waals surface area contributed by atoms with E-state index >= 15 is 0 Å². The van der Waals surface area contributed by atoms with E-state index in [0.717, 1.165) is 12.1 Å². The number of anilines is 2. The van der Waals surface area contributed by atoms with Crippen LogP contribution in [0.3, 0.4) is 0 Å². The van der Waals surface area contributed by atoms with Crippen LogP contribution >= 0.6 is 0 Å². The molecule has 0 aliphatic heterocycles. The molecule has 0 aromatic carbocycles. The van der Waals surface area contributed by atoms with Gasteiger partial charge in [0, 0.05) is 7.05 Å². The van der Waals surface area contributed by atoms with E-state index in [4.69, 9.17) is 5.73 Å². The highest BCUT2D eigenvalue weighted by Gasteiger charge is 2.33. The zero-order valence-electron chi connectivity index (χ0n) is 10.4. The van der Waals surface area contributed by atoms with Gasteiger partial charge < -0.3 is 15.7 Å². The van der Waals surface area contributed by atoms with Crippen LogP contribution in [0.1, 0.15) is 19.4 Å². The Balaban J connectivity index is 3.23. The van der Waals surface area contributed by atoms with Crippen LogP contribution in [0, 0.1) is 0 Å². The molecule has 102 valence electrons. The van der Waals surface area contributed by atoms with Crippen molar-refractivity contribution in [3.8, 4) is 0 Å². The fourth-order valence-electron chi connectivity index (χ4n) is 1.29. The number of aromatic nitrogens is 1. The Morgan fingerprint density at radius 3 is 2.33 bits per heavy atom. The summed E-state index contributed by atoms with van der Waals surface area (Å²) in [6, 6.07) is 1.69. The Kier molecular flexibility index (Phi) is 3.75. The molecule has 0 atom stereocenters. The third-order valence-electron chi connectivity index (χ3n) is 2.80. The van der Waals surface area contributed by atoms with Crippen LogP contribution in [0.25, 0.3) is 0 Å². The van der Waals surface area contributed by atoms with Crippen molar-refractivity contribution >= 4 is 11.6 Å². The molecule has 3 N–H and O–H groups in total. The van der Waals surface area contributed by atoms with Crippen molar-refractivity contribution in [3.05, 3.63) is 17.7 Å². The topological polar surface area (TPSA) is 62.4 Å². The number of nitrogen functional groups attached to an aromatic ring is 1. The predicted molar refractivity (Wildman–Crippen MR) is 63.2 cm³/mol. The van der Waals surface area contributed by atoms with Crippen LogP contribution in [0.2, 0.25) is 0 Å². The fraction of sp³-hybridized carbons (Fsp3) is 0.545. The lowest BCUT2D eigenvalue weighted by molar-refractivity contribution is -0.137. The minimum absolute atomic E-state index is 0.0707. The van der Waals surface area contributed by atoms with Crippen molar-refractivity contribution in [2.75, 3.05) is 24.3 Å². The summed E-state index contributed by atoms with van der Waals surface area (Å²) in [4.78, 5) is 5.31. The number of hydrogen-bond donors (Lipinski definition) is 2. The molecular formula is C11H16F3N3O. The molecule has 1 aromatic rings. The molecule has 0 radical (unpaired) electrons. The maximum atomic E-state index is 12.6. The Morgan fingerprint density at radius 2 is 1.89 bits per heavy atom. The lowest BCUT2D eigenvalue weighted by Gasteiger charge is -2.35. The Morgan fingerprint density at radius 1 is 1.33 bits per heavy atom. The van der Waals surface area contributed by atoms with Gasteiger partial charge in [-0.05, 0) is 26.0 Å². The van der Waals surface area contributed by atoms with Crippen LogP contribution < -0.4 is 10.6 Å². The zero-order chi connectivity index (χ0) is 14.1. The van der Waals surface area contributed by atoms with Crippen molar-refractivity contribution in [2.45, 2.75) is 25.6 Å². The van der Waals surface area contributed by atoms with Gasteiger partial charge in [0.05, 0.1) is 17.7 Å². The molecule has 1 rings (SSSR count). The normalized spacial score (nSPS) is 12.6. The van der Waals surface area contributed by atoms with Gasteiger partial charge in [0.15, 0.2) is 0 Å². The van der Waals surface area contributed by atoms with Gasteiger partial charge >= 0.3 is 6.18 Å². The van der Waals surface area contributed by atoms with Gasteiger partial charge in [-0.15, -0.1) is 0 Å². The van der Waals surface area contributed by atoms with Gasteiger partial charge in [-0.25, -0.2) is 4.98 Å². The minimum atomic E-state index is -4.48. The molecule has 1 aromatic heterocycles. The molecule has 0 spiro atoms. The van der Waals surface area contributed by atoms with Crippen molar-refractivity contribution in [3.63, 3.8) is 0 Å². The average Bonchev–Trinajstić information content (AvgIpc) is 2.26. The number of hydrogen-bond acceptors (Lipinski definition) is 4. The Bertz CT molecular complexity index is 432. The quantitative estimate of drug-likeness (QED) is 0.874. The van der Waals surface area contributed by atoms with E-state index in [1.54, 1.807) is 20.9 Å². The first-order valence-electron chi connectivity index (χ1n) is 5.27. The van der Waals surface area contributed by atoms with Gasteiger partial charge in [0.2, 0.25) is 0 Å². The number of likely N-dealkylation sites (N-methyl/N-ethyl adjacent to an activating group) is 1. The molecular weight excluding hydrogens is 247 g/mol. The highest BCUT2D eigenvalue weighted by atomic mass is 19.4. The third kappa shape index (κ3) is 3.04. The largest absolute Gasteiger partial charge is 0.416 e. The van der Waals surface area contributed by atoms with E-state index in [-0.39, 0.29) is 18.2 Å². The molecule has 0 fully saturated rings. The number of aliphatic hydroxyl groups is 1. The molecule has 4 nitrogen and oxygen atoms in total. The molecule has 0 amide bonds. The van der Waals surface area contributed by atoms with Gasteiger partial charge in [-0.2, -0.15) is 13.2 Å². The molecule has 0 aliphatic carbocycles. The predicted octanol–water partition coefficient (Wildman–Crippen LogP) is 1.89. The summed E-state index contributed by atoms with van der Waals surface area (Å²) in [6.45, 7) is 3.15. The molecule has 1 heterocycles. The first kappa shape index (κ1) is 14.6. The maximum Gasteiger partial charge on any atom is 0.416 e. The summed E-state index contributed by atoms with van der Waals surface area (Å²) in [5.74, 6) is -0.137. The summed E-state index contributed by atoms with van der Waals surface area (Å²) in [5.41, 5.74) is 3.79. The van der Waals surface area contributed by atoms with Crippen molar-refractivity contribution < 1.29 is 18.3 Å². The number of halogens is 3. The Labute approximate surface area is 103 Å². The molecule has 7 heteroatoms. The summed E-state index contributed by atoms with van der Waals surface area (Å²) in [6.07, 6.45) is -4.48. The summed E-state index contributed by atoms with van der Waals surface area (Å²) in [7, 11) is 1.55. The number of aliphatic hydroxyl groups excluding tert-OH is 1. The molecule has 0 aliphatic rings.